The lowest BCUT2D eigenvalue weighted by Gasteiger charge is -2.14. The van der Waals surface area contributed by atoms with Crippen molar-refractivity contribution < 1.29 is 4.39 Å². The Morgan fingerprint density at radius 2 is 1.86 bits per heavy atom. The Labute approximate surface area is 126 Å². The Morgan fingerprint density at radius 3 is 2.52 bits per heavy atom. The first kappa shape index (κ1) is 13.8. The predicted molar refractivity (Wildman–Crippen MR) is 84.7 cm³/mol. The number of halogens is 2. The maximum atomic E-state index is 14.3. The van der Waals surface area contributed by atoms with E-state index < -0.39 is 5.82 Å². The largest absolute Gasteiger partial charge is 0.323 e. The SMILES string of the molecule is Cc1c(-c2ccccc2)nc2c(F)c(Cl)ccc2c1NN. The summed E-state index contributed by atoms with van der Waals surface area (Å²) in [5, 5.41) is 0.650. The van der Waals surface area contributed by atoms with E-state index in [2.05, 4.69) is 10.4 Å². The number of nitrogen functional groups attached to an aromatic ring is 1. The second-order valence-electron chi connectivity index (χ2n) is 4.73. The van der Waals surface area contributed by atoms with Gasteiger partial charge in [0.25, 0.3) is 0 Å². The molecule has 1 aromatic heterocycles. The lowest BCUT2D eigenvalue weighted by atomic mass is 10.0. The van der Waals surface area contributed by atoms with Gasteiger partial charge in [-0.2, -0.15) is 0 Å². The molecule has 0 bridgehead atoms. The fourth-order valence-corrected chi connectivity index (χ4v) is 2.58. The zero-order valence-electron chi connectivity index (χ0n) is 11.3. The first-order valence-corrected chi connectivity index (χ1v) is 6.81. The van der Waals surface area contributed by atoms with E-state index in [1.165, 1.54) is 6.07 Å². The van der Waals surface area contributed by atoms with Crippen molar-refractivity contribution in [3.8, 4) is 11.3 Å². The molecule has 0 aliphatic heterocycles. The molecular weight excluding hydrogens is 289 g/mol. The minimum atomic E-state index is -0.539. The molecule has 3 nitrogen and oxygen atoms in total. The smallest absolute Gasteiger partial charge is 0.168 e. The molecule has 5 heteroatoms. The predicted octanol–water partition coefficient (Wildman–Crippen LogP) is 4.29. The van der Waals surface area contributed by atoms with Crippen molar-refractivity contribution in [1.29, 1.82) is 0 Å². The number of rotatable bonds is 2. The molecule has 3 N–H and O–H groups in total. The maximum absolute atomic E-state index is 14.3. The van der Waals surface area contributed by atoms with Crippen LogP contribution in [0.1, 0.15) is 5.56 Å². The first-order valence-electron chi connectivity index (χ1n) is 6.44. The zero-order chi connectivity index (χ0) is 15.0. The van der Waals surface area contributed by atoms with Crippen LogP contribution in [0.4, 0.5) is 10.1 Å². The highest BCUT2D eigenvalue weighted by Crippen LogP contribution is 2.35. The van der Waals surface area contributed by atoms with E-state index >= 15 is 0 Å². The van der Waals surface area contributed by atoms with Gasteiger partial charge in [0.05, 0.1) is 16.4 Å². The minimum Gasteiger partial charge on any atom is -0.323 e. The fraction of sp³-hybridized carbons (Fsp3) is 0.0625. The number of nitrogens with one attached hydrogen (secondary N) is 1. The molecule has 0 fully saturated rings. The molecule has 0 radical (unpaired) electrons. The number of hydrogen-bond acceptors (Lipinski definition) is 3. The monoisotopic (exact) mass is 301 g/mol. The molecule has 3 aromatic rings. The van der Waals surface area contributed by atoms with E-state index in [0.717, 1.165) is 11.1 Å². The number of aromatic nitrogens is 1. The molecule has 21 heavy (non-hydrogen) atoms. The van der Waals surface area contributed by atoms with Gasteiger partial charge in [-0.1, -0.05) is 41.9 Å². The summed E-state index contributed by atoms with van der Waals surface area (Å²) in [6.45, 7) is 1.90. The van der Waals surface area contributed by atoms with E-state index in [1.54, 1.807) is 6.07 Å². The Balaban J connectivity index is 2.42. The highest BCUT2D eigenvalue weighted by Gasteiger charge is 2.16. The van der Waals surface area contributed by atoms with Gasteiger partial charge in [0.1, 0.15) is 5.52 Å². The molecule has 0 atom stereocenters. The van der Waals surface area contributed by atoms with E-state index in [-0.39, 0.29) is 10.5 Å². The summed E-state index contributed by atoms with van der Waals surface area (Å²) in [6.07, 6.45) is 0. The summed E-state index contributed by atoms with van der Waals surface area (Å²) in [5.41, 5.74) is 5.93. The quantitative estimate of drug-likeness (QED) is 0.548. The normalized spacial score (nSPS) is 10.9. The van der Waals surface area contributed by atoms with Crippen LogP contribution < -0.4 is 11.3 Å². The number of nitrogens with two attached hydrogens (primary N) is 1. The van der Waals surface area contributed by atoms with Crippen LogP contribution in [0.5, 0.6) is 0 Å². The molecule has 1 heterocycles. The molecule has 0 unspecified atom stereocenters. The van der Waals surface area contributed by atoms with Gasteiger partial charge >= 0.3 is 0 Å². The number of hydrazine groups is 1. The average Bonchev–Trinajstić information content (AvgIpc) is 2.51. The number of benzene rings is 2. The Morgan fingerprint density at radius 1 is 1.14 bits per heavy atom. The molecule has 0 aliphatic carbocycles. The molecular formula is C16H13ClFN3. The van der Waals surface area contributed by atoms with Crippen LogP contribution in [-0.4, -0.2) is 4.98 Å². The Kier molecular flexibility index (Phi) is 3.49. The third kappa shape index (κ3) is 2.22. The van der Waals surface area contributed by atoms with Crippen LogP contribution in [0.15, 0.2) is 42.5 Å². The number of fused-ring (bicyclic) bond motifs is 1. The lowest BCUT2D eigenvalue weighted by Crippen LogP contribution is -2.10. The third-order valence-electron chi connectivity index (χ3n) is 3.48. The minimum absolute atomic E-state index is 0.0424. The average molecular weight is 302 g/mol. The molecule has 2 aromatic carbocycles. The van der Waals surface area contributed by atoms with Gasteiger partial charge in [-0.25, -0.2) is 9.37 Å². The zero-order valence-corrected chi connectivity index (χ0v) is 12.1. The van der Waals surface area contributed by atoms with Crippen molar-refractivity contribution >= 4 is 28.2 Å². The molecule has 106 valence electrons. The lowest BCUT2D eigenvalue weighted by molar-refractivity contribution is 0.637. The molecule has 3 rings (SSSR count). The van der Waals surface area contributed by atoms with Gasteiger partial charge < -0.3 is 5.43 Å². The summed E-state index contributed by atoms with van der Waals surface area (Å²) in [4.78, 5) is 4.46. The van der Waals surface area contributed by atoms with Crippen molar-refractivity contribution in [2.24, 2.45) is 5.84 Å². The highest BCUT2D eigenvalue weighted by molar-refractivity contribution is 6.31. The second kappa shape index (κ2) is 5.31. The van der Waals surface area contributed by atoms with E-state index in [9.17, 15) is 4.39 Å². The molecule has 0 spiro atoms. The van der Waals surface area contributed by atoms with Crippen molar-refractivity contribution in [3.05, 3.63) is 58.9 Å². The summed E-state index contributed by atoms with van der Waals surface area (Å²) >= 11 is 5.85. The van der Waals surface area contributed by atoms with Crippen LogP contribution in [0.25, 0.3) is 22.2 Å². The molecule has 0 saturated heterocycles. The van der Waals surface area contributed by atoms with Crippen LogP contribution in [-0.2, 0) is 0 Å². The van der Waals surface area contributed by atoms with Gasteiger partial charge in [-0.05, 0) is 19.1 Å². The molecule has 0 amide bonds. The standard InChI is InChI=1S/C16H13ClFN3/c1-9-14(10-5-3-2-4-6-10)20-16-11(15(9)21-19)7-8-12(17)13(16)18/h2-8H,19H2,1H3,(H,20,21). The molecule has 0 saturated carbocycles. The molecule has 0 aliphatic rings. The van der Waals surface area contributed by atoms with Crippen LogP contribution >= 0.6 is 11.6 Å². The topological polar surface area (TPSA) is 50.9 Å². The van der Waals surface area contributed by atoms with Gasteiger partial charge in [0, 0.05) is 16.5 Å². The summed E-state index contributed by atoms with van der Waals surface area (Å²) in [6, 6.07) is 12.8. The Hall–Kier alpha value is -2.17. The fourth-order valence-electron chi connectivity index (χ4n) is 2.43. The highest BCUT2D eigenvalue weighted by atomic mass is 35.5. The van der Waals surface area contributed by atoms with E-state index in [4.69, 9.17) is 17.4 Å². The van der Waals surface area contributed by atoms with Crippen LogP contribution in [0.2, 0.25) is 5.02 Å². The summed E-state index contributed by atoms with van der Waals surface area (Å²) < 4.78 is 14.3. The number of nitrogens with zero attached hydrogens (tertiary/aromatic N) is 1. The van der Waals surface area contributed by atoms with E-state index in [0.29, 0.717) is 16.8 Å². The van der Waals surface area contributed by atoms with Crippen LogP contribution in [0.3, 0.4) is 0 Å². The van der Waals surface area contributed by atoms with Crippen molar-refractivity contribution in [3.63, 3.8) is 0 Å². The van der Waals surface area contributed by atoms with Gasteiger partial charge in [-0.15, -0.1) is 0 Å². The number of hydrogen-bond donors (Lipinski definition) is 2. The Bertz CT molecular complexity index is 819. The summed E-state index contributed by atoms with van der Waals surface area (Å²) in [5.74, 6) is 5.08. The number of anilines is 1. The number of pyridine rings is 1. The maximum Gasteiger partial charge on any atom is 0.168 e. The first-order chi connectivity index (χ1) is 10.1. The third-order valence-corrected chi connectivity index (χ3v) is 3.78. The van der Waals surface area contributed by atoms with E-state index in [1.807, 2.05) is 37.3 Å². The second-order valence-corrected chi connectivity index (χ2v) is 5.14. The van der Waals surface area contributed by atoms with Crippen molar-refractivity contribution in [1.82, 2.24) is 4.98 Å². The van der Waals surface area contributed by atoms with Gasteiger partial charge in [-0.3, -0.25) is 5.84 Å². The van der Waals surface area contributed by atoms with Gasteiger partial charge in [0.15, 0.2) is 5.82 Å². The van der Waals surface area contributed by atoms with Crippen molar-refractivity contribution in [2.75, 3.05) is 5.43 Å². The van der Waals surface area contributed by atoms with Gasteiger partial charge in [0.2, 0.25) is 0 Å². The van der Waals surface area contributed by atoms with Crippen LogP contribution in [0, 0.1) is 12.7 Å². The summed E-state index contributed by atoms with van der Waals surface area (Å²) in [7, 11) is 0. The van der Waals surface area contributed by atoms with Crippen molar-refractivity contribution in [2.45, 2.75) is 6.92 Å².